The van der Waals surface area contributed by atoms with E-state index in [9.17, 15) is 13.6 Å². The molecule has 1 heterocycles. The van der Waals surface area contributed by atoms with Gasteiger partial charge in [-0.25, -0.2) is 8.78 Å². The standard InChI is InChI=1S/C20H22F2N2O2/c1-26-16-7-4-14(5-8-16)19(24-10-2-3-11-24)13-23-20(25)17-9-6-15(21)12-18(17)22/h4-9,12,19H,2-3,10-11,13H2,1H3,(H,23,25). The molecule has 2 aromatic rings. The maximum absolute atomic E-state index is 13.8. The quantitative estimate of drug-likeness (QED) is 0.857. The first-order valence-corrected chi connectivity index (χ1v) is 8.69. The molecule has 1 aliphatic rings. The SMILES string of the molecule is COc1ccc(C(CNC(=O)c2ccc(F)cc2F)N2CCCC2)cc1. The first kappa shape index (κ1) is 18.3. The van der Waals surface area contributed by atoms with E-state index in [0.29, 0.717) is 6.54 Å². The molecule has 138 valence electrons. The molecule has 4 nitrogen and oxygen atoms in total. The van der Waals surface area contributed by atoms with E-state index >= 15 is 0 Å². The molecular weight excluding hydrogens is 338 g/mol. The number of carbonyl (C=O) groups excluding carboxylic acids is 1. The summed E-state index contributed by atoms with van der Waals surface area (Å²) >= 11 is 0. The van der Waals surface area contributed by atoms with Crippen LogP contribution in [0, 0.1) is 11.6 Å². The van der Waals surface area contributed by atoms with Crippen molar-refractivity contribution in [1.82, 2.24) is 10.2 Å². The smallest absolute Gasteiger partial charge is 0.254 e. The third-order valence-corrected chi connectivity index (χ3v) is 4.71. The lowest BCUT2D eigenvalue weighted by atomic mass is 10.0. The lowest BCUT2D eigenvalue weighted by Crippen LogP contribution is -2.37. The Bertz CT molecular complexity index is 759. The highest BCUT2D eigenvalue weighted by Crippen LogP contribution is 2.26. The largest absolute Gasteiger partial charge is 0.497 e. The fraction of sp³-hybridized carbons (Fsp3) is 0.350. The Kier molecular flexibility index (Phi) is 5.83. The van der Waals surface area contributed by atoms with Gasteiger partial charge in [-0.3, -0.25) is 9.69 Å². The highest BCUT2D eigenvalue weighted by molar-refractivity contribution is 5.94. The van der Waals surface area contributed by atoms with Gasteiger partial charge in [0.25, 0.3) is 5.91 Å². The predicted molar refractivity (Wildman–Crippen MR) is 95.2 cm³/mol. The van der Waals surface area contributed by atoms with Crippen molar-refractivity contribution in [2.24, 2.45) is 0 Å². The maximum Gasteiger partial charge on any atom is 0.254 e. The second-order valence-corrected chi connectivity index (χ2v) is 6.37. The highest BCUT2D eigenvalue weighted by Gasteiger charge is 2.24. The summed E-state index contributed by atoms with van der Waals surface area (Å²) in [4.78, 5) is 14.6. The number of likely N-dealkylation sites (tertiary alicyclic amines) is 1. The molecule has 0 spiro atoms. The number of nitrogens with one attached hydrogen (secondary N) is 1. The van der Waals surface area contributed by atoms with Gasteiger partial charge >= 0.3 is 0 Å². The molecule has 2 aromatic carbocycles. The van der Waals surface area contributed by atoms with Gasteiger partial charge in [0.05, 0.1) is 18.7 Å². The minimum Gasteiger partial charge on any atom is -0.497 e. The van der Waals surface area contributed by atoms with Crippen LogP contribution in [0.25, 0.3) is 0 Å². The molecule has 1 atom stereocenters. The molecule has 0 aliphatic carbocycles. The fourth-order valence-electron chi connectivity index (χ4n) is 3.30. The zero-order valence-electron chi connectivity index (χ0n) is 14.7. The first-order valence-electron chi connectivity index (χ1n) is 8.69. The van der Waals surface area contributed by atoms with Crippen molar-refractivity contribution in [2.75, 3.05) is 26.7 Å². The van der Waals surface area contributed by atoms with Crippen LogP contribution in [0.2, 0.25) is 0 Å². The van der Waals surface area contributed by atoms with Gasteiger partial charge in [0.15, 0.2) is 0 Å². The lowest BCUT2D eigenvalue weighted by molar-refractivity contribution is 0.0933. The monoisotopic (exact) mass is 360 g/mol. The van der Waals surface area contributed by atoms with Crippen LogP contribution in [-0.4, -0.2) is 37.6 Å². The normalized spacial score (nSPS) is 15.7. The Morgan fingerprint density at radius 2 is 1.85 bits per heavy atom. The van der Waals surface area contributed by atoms with E-state index in [0.717, 1.165) is 55.4 Å². The van der Waals surface area contributed by atoms with Crippen molar-refractivity contribution in [3.63, 3.8) is 0 Å². The van der Waals surface area contributed by atoms with Crippen LogP contribution in [-0.2, 0) is 0 Å². The summed E-state index contributed by atoms with van der Waals surface area (Å²) < 4.78 is 32.0. The first-order chi connectivity index (χ1) is 12.6. The van der Waals surface area contributed by atoms with Gasteiger partial charge < -0.3 is 10.1 Å². The van der Waals surface area contributed by atoms with Gasteiger partial charge in [0.1, 0.15) is 17.4 Å². The van der Waals surface area contributed by atoms with Crippen LogP contribution >= 0.6 is 0 Å². The van der Waals surface area contributed by atoms with E-state index in [1.54, 1.807) is 7.11 Å². The second kappa shape index (κ2) is 8.27. The lowest BCUT2D eigenvalue weighted by Gasteiger charge is -2.28. The molecule has 1 aliphatic heterocycles. The molecule has 1 saturated heterocycles. The van der Waals surface area contributed by atoms with Crippen molar-refractivity contribution < 1.29 is 18.3 Å². The minimum atomic E-state index is -0.857. The summed E-state index contributed by atoms with van der Waals surface area (Å²) in [5, 5.41) is 2.79. The van der Waals surface area contributed by atoms with E-state index in [1.165, 1.54) is 0 Å². The van der Waals surface area contributed by atoms with Gasteiger partial charge in [-0.2, -0.15) is 0 Å². The Morgan fingerprint density at radius 3 is 2.46 bits per heavy atom. The summed E-state index contributed by atoms with van der Waals surface area (Å²) in [6.45, 7) is 2.26. The Labute approximate surface area is 151 Å². The molecule has 0 radical (unpaired) electrons. The van der Waals surface area contributed by atoms with Crippen molar-refractivity contribution in [2.45, 2.75) is 18.9 Å². The third-order valence-electron chi connectivity index (χ3n) is 4.71. The summed E-state index contributed by atoms with van der Waals surface area (Å²) in [5.74, 6) is -1.33. The summed E-state index contributed by atoms with van der Waals surface area (Å²) in [7, 11) is 1.62. The average Bonchev–Trinajstić information content (AvgIpc) is 3.16. The molecule has 1 amide bonds. The Morgan fingerprint density at radius 1 is 1.15 bits per heavy atom. The molecule has 1 fully saturated rings. The predicted octanol–water partition coefficient (Wildman–Crippen LogP) is 3.54. The number of hydrogen-bond acceptors (Lipinski definition) is 3. The molecule has 3 rings (SSSR count). The van der Waals surface area contributed by atoms with Crippen molar-refractivity contribution in [3.05, 3.63) is 65.2 Å². The van der Waals surface area contributed by atoms with Crippen molar-refractivity contribution in [3.8, 4) is 5.75 Å². The number of amides is 1. The second-order valence-electron chi connectivity index (χ2n) is 6.37. The Balaban J connectivity index is 1.73. The van der Waals surface area contributed by atoms with Crippen LogP contribution in [0.4, 0.5) is 8.78 Å². The molecule has 0 saturated carbocycles. The zero-order valence-corrected chi connectivity index (χ0v) is 14.7. The van der Waals surface area contributed by atoms with Gasteiger partial charge in [-0.1, -0.05) is 12.1 Å². The number of hydrogen-bond donors (Lipinski definition) is 1. The summed E-state index contributed by atoms with van der Waals surface area (Å²) in [6.07, 6.45) is 2.24. The van der Waals surface area contributed by atoms with Crippen LogP contribution < -0.4 is 10.1 Å². The van der Waals surface area contributed by atoms with Crippen LogP contribution in [0.1, 0.15) is 34.8 Å². The number of halogens is 2. The average molecular weight is 360 g/mol. The van der Waals surface area contributed by atoms with E-state index in [4.69, 9.17) is 4.74 Å². The summed E-state index contributed by atoms with van der Waals surface area (Å²) in [6, 6.07) is 10.7. The number of carbonyl (C=O) groups is 1. The van der Waals surface area contributed by atoms with Gasteiger partial charge in [0.2, 0.25) is 0 Å². The number of rotatable bonds is 6. The van der Waals surface area contributed by atoms with E-state index in [2.05, 4.69) is 10.2 Å². The molecule has 1 N–H and O–H groups in total. The molecule has 6 heteroatoms. The van der Waals surface area contributed by atoms with Gasteiger partial charge in [0, 0.05) is 12.6 Å². The number of methoxy groups -OCH3 is 1. The van der Waals surface area contributed by atoms with Crippen LogP contribution in [0.3, 0.4) is 0 Å². The highest BCUT2D eigenvalue weighted by atomic mass is 19.1. The number of ether oxygens (including phenoxy) is 1. The van der Waals surface area contributed by atoms with Crippen molar-refractivity contribution in [1.29, 1.82) is 0 Å². The third kappa shape index (κ3) is 4.19. The Hall–Kier alpha value is -2.47. The van der Waals surface area contributed by atoms with Crippen LogP contribution in [0.5, 0.6) is 5.75 Å². The fourth-order valence-corrected chi connectivity index (χ4v) is 3.30. The van der Waals surface area contributed by atoms with Gasteiger partial charge in [-0.05, 0) is 55.8 Å². The maximum atomic E-state index is 13.8. The molecule has 0 bridgehead atoms. The van der Waals surface area contributed by atoms with E-state index in [1.807, 2.05) is 24.3 Å². The molecule has 26 heavy (non-hydrogen) atoms. The minimum absolute atomic E-state index is 0.00383. The zero-order chi connectivity index (χ0) is 18.5. The molecule has 1 unspecified atom stereocenters. The molecule has 0 aromatic heterocycles. The van der Waals surface area contributed by atoms with Gasteiger partial charge in [-0.15, -0.1) is 0 Å². The van der Waals surface area contributed by atoms with E-state index in [-0.39, 0.29) is 11.6 Å². The summed E-state index contributed by atoms with van der Waals surface area (Å²) in [5.41, 5.74) is 0.911. The molecular formula is C20H22F2N2O2. The van der Waals surface area contributed by atoms with Crippen molar-refractivity contribution >= 4 is 5.91 Å². The van der Waals surface area contributed by atoms with Crippen LogP contribution in [0.15, 0.2) is 42.5 Å². The number of benzene rings is 2. The topological polar surface area (TPSA) is 41.6 Å². The van der Waals surface area contributed by atoms with E-state index < -0.39 is 17.5 Å². The number of nitrogens with zero attached hydrogens (tertiary/aromatic N) is 1.